The highest BCUT2D eigenvalue weighted by atomic mass is 16.5. The number of alkyl carbamates (subject to hydrolysis) is 2. The van der Waals surface area contributed by atoms with Gasteiger partial charge in [0.25, 0.3) is 0 Å². The van der Waals surface area contributed by atoms with E-state index >= 15 is 0 Å². The SMILES string of the molecule is COC(=O)N[C@H](C(=O)N1[C@@H]2C[C@@H]2C[C@H]1C1=Cc2ccc3cc(-c4ccc(-c5cnc([C@@H]6[C@H]7CC[C@H](C7)N6C(=O)[C@@H](NC(=O)OC)[C@@H](C)OC)[nH]5)cc4)ccc3c2C1)C(C)C. The molecule has 0 radical (unpaired) electrons. The number of hydrogen-bond acceptors (Lipinski definition) is 8. The van der Waals surface area contributed by atoms with Crippen LogP contribution < -0.4 is 10.6 Å². The molecule has 4 aromatic rings. The van der Waals surface area contributed by atoms with E-state index in [2.05, 4.69) is 81.2 Å². The quantitative estimate of drug-likeness (QED) is 0.146. The van der Waals surface area contributed by atoms with Gasteiger partial charge in [0.2, 0.25) is 11.8 Å². The van der Waals surface area contributed by atoms with Crippen LogP contribution >= 0.6 is 0 Å². The molecule has 2 saturated heterocycles. The van der Waals surface area contributed by atoms with Crippen molar-refractivity contribution in [3.05, 3.63) is 83.3 Å². The van der Waals surface area contributed by atoms with E-state index in [0.29, 0.717) is 5.92 Å². The summed E-state index contributed by atoms with van der Waals surface area (Å²) in [7, 11) is 4.13. The van der Waals surface area contributed by atoms with E-state index in [1.807, 2.05) is 24.9 Å². The molecule has 4 amide bonds. The molecular formula is C47H54N6O7. The van der Waals surface area contributed by atoms with Crippen LogP contribution in [0.5, 0.6) is 0 Å². The van der Waals surface area contributed by atoms with Crippen LogP contribution in [0.1, 0.15) is 75.9 Å². The number of fused-ring (bicyclic) bond motifs is 6. The predicted octanol–water partition coefficient (Wildman–Crippen LogP) is 7.02. The molecule has 4 fully saturated rings. The summed E-state index contributed by atoms with van der Waals surface area (Å²) >= 11 is 0. The maximum atomic E-state index is 14.1. The fraction of sp³-hybridized carbons (Fsp3) is 0.468. The number of benzene rings is 3. The number of H-pyrrole nitrogens is 1. The van der Waals surface area contributed by atoms with Gasteiger partial charge in [0.1, 0.15) is 17.9 Å². The number of piperidine rings is 2. The van der Waals surface area contributed by atoms with Crippen LogP contribution in [0.2, 0.25) is 0 Å². The highest BCUT2D eigenvalue weighted by molar-refractivity contribution is 5.95. The van der Waals surface area contributed by atoms with Gasteiger partial charge in [-0.2, -0.15) is 0 Å². The van der Waals surface area contributed by atoms with E-state index in [0.717, 1.165) is 66.7 Å². The Hall–Kier alpha value is -5.69. The van der Waals surface area contributed by atoms with Crippen LogP contribution in [0.4, 0.5) is 9.59 Å². The predicted molar refractivity (Wildman–Crippen MR) is 226 cm³/mol. The van der Waals surface area contributed by atoms with Crippen LogP contribution in [0.15, 0.2) is 66.4 Å². The highest BCUT2D eigenvalue weighted by Crippen LogP contribution is 2.52. The fourth-order valence-electron chi connectivity index (χ4n) is 10.6. The Morgan fingerprint density at radius 1 is 0.783 bits per heavy atom. The zero-order chi connectivity index (χ0) is 42.0. The van der Waals surface area contributed by atoms with Gasteiger partial charge in [0, 0.05) is 19.2 Å². The monoisotopic (exact) mass is 814 g/mol. The van der Waals surface area contributed by atoms with Gasteiger partial charge < -0.3 is 39.6 Å². The first-order chi connectivity index (χ1) is 29.0. The van der Waals surface area contributed by atoms with Crippen molar-refractivity contribution >= 4 is 40.8 Å². The number of aromatic amines is 1. The molecule has 13 nitrogen and oxygen atoms in total. The van der Waals surface area contributed by atoms with E-state index in [9.17, 15) is 19.2 Å². The van der Waals surface area contributed by atoms with Crippen molar-refractivity contribution in [2.75, 3.05) is 21.3 Å². The van der Waals surface area contributed by atoms with E-state index in [1.165, 1.54) is 48.8 Å². The third-order valence-corrected chi connectivity index (χ3v) is 13.9. The lowest BCUT2D eigenvalue weighted by Crippen LogP contribution is -2.56. The van der Waals surface area contributed by atoms with Gasteiger partial charge in [-0.1, -0.05) is 68.5 Å². The zero-order valence-electron chi connectivity index (χ0n) is 35.1. The Kier molecular flexibility index (Phi) is 10.4. The molecule has 60 heavy (non-hydrogen) atoms. The van der Waals surface area contributed by atoms with Gasteiger partial charge >= 0.3 is 12.2 Å². The second-order valence-corrected chi connectivity index (χ2v) is 17.6. The van der Waals surface area contributed by atoms with Crippen LogP contribution in [0, 0.1) is 17.8 Å². The molecule has 3 aromatic carbocycles. The Balaban J connectivity index is 0.902. The van der Waals surface area contributed by atoms with Crippen LogP contribution in [0.3, 0.4) is 0 Å². The Morgan fingerprint density at radius 3 is 2.20 bits per heavy atom. The molecule has 3 N–H and O–H groups in total. The van der Waals surface area contributed by atoms with Gasteiger partial charge in [-0.3, -0.25) is 9.59 Å². The van der Waals surface area contributed by atoms with Crippen molar-refractivity contribution < 1.29 is 33.4 Å². The van der Waals surface area contributed by atoms with E-state index in [4.69, 9.17) is 19.2 Å². The highest BCUT2D eigenvalue weighted by Gasteiger charge is 2.56. The number of nitrogens with zero attached hydrogens (tertiary/aromatic N) is 3. The topological polar surface area (TPSA) is 155 Å². The molecule has 0 unspecified atom stereocenters. The second kappa shape index (κ2) is 15.7. The number of amides is 4. The lowest BCUT2D eigenvalue weighted by molar-refractivity contribution is -0.141. The Bertz CT molecular complexity index is 2370. The first-order valence-electron chi connectivity index (χ1n) is 21.3. The number of ether oxygens (including phenoxy) is 3. The van der Waals surface area contributed by atoms with Crippen LogP contribution in [-0.2, 0) is 30.2 Å². The molecule has 0 spiro atoms. The Labute approximate surface area is 350 Å². The van der Waals surface area contributed by atoms with Gasteiger partial charge in [-0.05, 0) is 113 Å². The number of methoxy groups -OCH3 is 3. The summed E-state index contributed by atoms with van der Waals surface area (Å²) in [5, 5.41) is 7.87. The minimum atomic E-state index is -0.885. The third-order valence-electron chi connectivity index (χ3n) is 13.9. The lowest BCUT2D eigenvalue weighted by Gasteiger charge is -2.37. The van der Waals surface area contributed by atoms with Crippen molar-refractivity contribution in [2.45, 2.75) is 102 Å². The second-order valence-electron chi connectivity index (χ2n) is 17.6. The minimum absolute atomic E-state index is 0.0209. The summed E-state index contributed by atoms with van der Waals surface area (Å²) in [6, 6.07) is 18.1. The number of carbonyl (C=O) groups is 4. The van der Waals surface area contributed by atoms with E-state index in [1.54, 1.807) is 6.92 Å². The molecule has 2 bridgehead atoms. The molecular weight excluding hydrogens is 761 g/mol. The Morgan fingerprint density at radius 2 is 1.48 bits per heavy atom. The zero-order valence-corrected chi connectivity index (χ0v) is 35.1. The van der Waals surface area contributed by atoms with Crippen LogP contribution in [-0.4, -0.2) is 101 Å². The van der Waals surface area contributed by atoms with Gasteiger partial charge in [-0.25, -0.2) is 14.6 Å². The first kappa shape index (κ1) is 39.8. The number of carbonyl (C=O) groups excluding carboxylic acids is 4. The molecule has 1 aromatic heterocycles. The summed E-state index contributed by atoms with van der Waals surface area (Å²) in [6.07, 6.45) is 7.93. The number of imidazole rings is 1. The molecule has 2 aliphatic heterocycles. The average Bonchev–Trinajstić information content (AvgIpc) is 3.88. The van der Waals surface area contributed by atoms with Crippen molar-refractivity contribution in [2.24, 2.45) is 17.8 Å². The number of aromatic nitrogens is 2. The van der Waals surface area contributed by atoms with Crippen LogP contribution in [0.25, 0.3) is 39.2 Å². The lowest BCUT2D eigenvalue weighted by atomic mass is 9.94. The molecule has 5 aliphatic rings. The molecule has 3 heterocycles. The summed E-state index contributed by atoms with van der Waals surface area (Å²) in [6.45, 7) is 5.68. The number of hydrogen-bond donors (Lipinski definition) is 3. The molecule has 2 saturated carbocycles. The van der Waals surface area contributed by atoms with Crippen molar-refractivity contribution in [1.29, 1.82) is 0 Å². The largest absolute Gasteiger partial charge is 0.453 e. The van der Waals surface area contributed by atoms with Crippen molar-refractivity contribution in [1.82, 2.24) is 30.4 Å². The smallest absolute Gasteiger partial charge is 0.407 e. The van der Waals surface area contributed by atoms with Crippen molar-refractivity contribution in [3.63, 3.8) is 0 Å². The number of nitrogens with one attached hydrogen (secondary N) is 3. The minimum Gasteiger partial charge on any atom is -0.453 e. The maximum Gasteiger partial charge on any atom is 0.407 e. The van der Waals surface area contributed by atoms with Gasteiger partial charge in [-0.15, -0.1) is 0 Å². The molecule has 314 valence electrons. The van der Waals surface area contributed by atoms with Crippen molar-refractivity contribution in [3.8, 4) is 22.4 Å². The third kappa shape index (κ3) is 7.00. The molecule has 9 rings (SSSR count). The normalized spacial score (nSPS) is 25.1. The fourth-order valence-corrected chi connectivity index (χ4v) is 10.6. The summed E-state index contributed by atoms with van der Waals surface area (Å²) in [5.41, 5.74) is 7.84. The maximum absolute atomic E-state index is 14.1. The number of rotatable bonds is 11. The van der Waals surface area contributed by atoms with E-state index in [-0.39, 0.29) is 47.8 Å². The average molecular weight is 815 g/mol. The molecule has 3 aliphatic carbocycles. The number of likely N-dealkylation sites (tertiary alicyclic amines) is 2. The van der Waals surface area contributed by atoms with Gasteiger partial charge in [0.15, 0.2) is 0 Å². The van der Waals surface area contributed by atoms with Gasteiger partial charge in [0.05, 0.1) is 44.3 Å². The van der Waals surface area contributed by atoms with E-state index < -0.39 is 30.4 Å². The molecule has 13 heteroatoms. The first-order valence-corrected chi connectivity index (χ1v) is 21.3. The summed E-state index contributed by atoms with van der Waals surface area (Å²) in [5.74, 6) is 1.26. The standard InChI is InChI=1S/C47H54N6O7/c1-24(2)40(50-46(56)59-5)44(54)53-38(21-33-22-39(33)53)32-18-30-12-11-29-17-28(14-16-35(29)36(30)20-32)26-7-9-27(10-8-26)37-23-48-43(49-37)42-31-13-15-34(19-31)52(42)45(55)41(25(3)58-4)51-47(57)60-6/h7-12,14,16-18,23-25,31,33-34,38-42H,13,15,19-22H2,1-6H3,(H,48,49)(H,50,56)(H,51,57)/t25-,31+,33+,34-,38+,39-,40+,41+,42+/m1/s1. The molecule has 9 atom stereocenters. The summed E-state index contributed by atoms with van der Waals surface area (Å²) < 4.78 is 15.2. The summed E-state index contributed by atoms with van der Waals surface area (Å²) in [4.78, 5) is 64.7.